The molecule has 2 aliphatic heterocycles. The number of hydrogen-bond acceptors (Lipinski definition) is 5. The van der Waals surface area contributed by atoms with Gasteiger partial charge in [0.05, 0.1) is 18.1 Å². The Morgan fingerprint density at radius 2 is 1.71 bits per heavy atom. The van der Waals surface area contributed by atoms with Crippen LogP contribution in [0.4, 0.5) is 0 Å². The van der Waals surface area contributed by atoms with Crippen LogP contribution >= 0.6 is 0 Å². The SMILES string of the molecule is Cc1ccc(S(=O)(=O)NC(C(=O)N2CCC3(CC2)OCCO3)C(C)C)cc1C. The first-order valence-corrected chi connectivity index (χ1v) is 11.3. The fourth-order valence-corrected chi connectivity index (χ4v) is 5.06. The largest absolute Gasteiger partial charge is 0.347 e. The fourth-order valence-electron chi connectivity index (χ4n) is 3.64. The third kappa shape index (κ3) is 4.40. The molecule has 0 saturated carbocycles. The minimum atomic E-state index is -3.80. The van der Waals surface area contributed by atoms with Crippen molar-refractivity contribution in [3.63, 3.8) is 0 Å². The van der Waals surface area contributed by atoms with Crippen LogP contribution in [0.25, 0.3) is 0 Å². The summed E-state index contributed by atoms with van der Waals surface area (Å²) in [6.45, 7) is 9.65. The van der Waals surface area contributed by atoms with E-state index >= 15 is 0 Å². The second-order valence-electron chi connectivity index (χ2n) is 8.02. The summed E-state index contributed by atoms with van der Waals surface area (Å²) >= 11 is 0. The van der Waals surface area contributed by atoms with Gasteiger partial charge in [-0.15, -0.1) is 0 Å². The minimum Gasteiger partial charge on any atom is -0.347 e. The second kappa shape index (κ2) is 8.10. The van der Waals surface area contributed by atoms with Crippen molar-refractivity contribution in [2.24, 2.45) is 5.92 Å². The maximum absolute atomic E-state index is 13.1. The molecule has 0 aromatic heterocycles. The number of aryl methyl sites for hydroxylation is 2. The zero-order valence-corrected chi connectivity index (χ0v) is 17.8. The molecule has 1 aromatic rings. The van der Waals surface area contributed by atoms with E-state index in [-0.39, 0.29) is 16.7 Å². The first-order valence-electron chi connectivity index (χ1n) is 9.80. The van der Waals surface area contributed by atoms with E-state index in [9.17, 15) is 13.2 Å². The lowest BCUT2D eigenvalue weighted by Gasteiger charge is -2.39. The number of rotatable bonds is 5. The molecule has 0 aliphatic carbocycles. The molecule has 1 spiro atoms. The number of nitrogens with one attached hydrogen (secondary N) is 1. The topological polar surface area (TPSA) is 84.9 Å². The molecular formula is C20H30N2O5S. The lowest BCUT2D eigenvalue weighted by Crippen LogP contribution is -2.55. The van der Waals surface area contributed by atoms with E-state index in [1.54, 1.807) is 23.1 Å². The van der Waals surface area contributed by atoms with Gasteiger partial charge in [-0.25, -0.2) is 8.42 Å². The van der Waals surface area contributed by atoms with Crippen molar-refractivity contribution in [3.8, 4) is 0 Å². The van der Waals surface area contributed by atoms with E-state index in [2.05, 4.69) is 4.72 Å². The summed E-state index contributed by atoms with van der Waals surface area (Å²) < 4.78 is 39.8. The van der Waals surface area contributed by atoms with Gasteiger partial charge in [-0.2, -0.15) is 4.72 Å². The van der Waals surface area contributed by atoms with Gasteiger partial charge in [0.1, 0.15) is 6.04 Å². The van der Waals surface area contributed by atoms with Gasteiger partial charge in [0.15, 0.2) is 5.79 Å². The molecule has 1 atom stereocenters. The Labute approximate surface area is 167 Å². The smallest absolute Gasteiger partial charge is 0.241 e. The quantitative estimate of drug-likeness (QED) is 0.802. The molecule has 1 unspecified atom stereocenters. The highest BCUT2D eigenvalue weighted by atomic mass is 32.2. The van der Waals surface area contributed by atoms with Crippen molar-refractivity contribution in [2.75, 3.05) is 26.3 Å². The van der Waals surface area contributed by atoms with Crippen LogP contribution in [0, 0.1) is 19.8 Å². The molecule has 2 saturated heterocycles. The number of sulfonamides is 1. The maximum atomic E-state index is 13.1. The molecule has 8 heteroatoms. The zero-order chi connectivity index (χ0) is 20.5. The average Bonchev–Trinajstić information content (AvgIpc) is 3.10. The van der Waals surface area contributed by atoms with Crippen LogP contribution in [0.5, 0.6) is 0 Å². The number of benzene rings is 1. The molecule has 28 heavy (non-hydrogen) atoms. The van der Waals surface area contributed by atoms with Crippen LogP contribution in [0.3, 0.4) is 0 Å². The summed E-state index contributed by atoms with van der Waals surface area (Å²) in [4.78, 5) is 15.0. The van der Waals surface area contributed by atoms with E-state index in [0.29, 0.717) is 39.1 Å². The third-order valence-electron chi connectivity index (χ3n) is 5.65. The molecule has 0 radical (unpaired) electrons. The molecule has 7 nitrogen and oxygen atoms in total. The second-order valence-corrected chi connectivity index (χ2v) is 9.74. The van der Waals surface area contributed by atoms with Crippen LogP contribution in [-0.2, 0) is 24.3 Å². The van der Waals surface area contributed by atoms with Crippen molar-refractivity contribution in [2.45, 2.75) is 57.3 Å². The summed E-state index contributed by atoms with van der Waals surface area (Å²) in [6.07, 6.45) is 1.21. The van der Waals surface area contributed by atoms with Crippen molar-refractivity contribution < 1.29 is 22.7 Å². The molecule has 1 amide bonds. The normalized spacial score (nSPS) is 20.7. The molecule has 2 fully saturated rings. The summed E-state index contributed by atoms with van der Waals surface area (Å²) in [6, 6.07) is 4.18. The van der Waals surface area contributed by atoms with E-state index in [1.807, 2.05) is 27.7 Å². The zero-order valence-electron chi connectivity index (χ0n) is 17.0. The first-order chi connectivity index (χ1) is 13.1. The highest BCUT2D eigenvalue weighted by Crippen LogP contribution is 2.31. The van der Waals surface area contributed by atoms with E-state index in [4.69, 9.17) is 9.47 Å². The van der Waals surface area contributed by atoms with Crippen molar-refractivity contribution in [1.29, 1.82) is 0 Å². The van der Waals surface area contributed by atoms with Gasteiger partial charge in [-0.05, 0) is 43.0 Å². The predicted octanol–water partition coefficient (Wildman–Crippen LogP) is 1.97. The predicted molar refractivity (Wildman–Crippen MR) is 105 cm³/mol. The molecule has 1 N–H and O–H groups in total. The minimum absolute atomic E-state index is 0.177. The summed E-state index contributed by atoms with van der Waals surface area (Å²) in [5.41, 5.74) is 1.92. The standard InChI is InChI=1S/C20H30N2O5S/c1-14(2)18(21-28(24,25)17-6-5-15(3)16(4)13-17)19(23)22-9-7-20(8-10-22)26-11-12-27-20/h5-6,13-14,18,21H,7-12H2,1-4H3. The number of carbonyl (C=O) groups excluding carboxylic acids is 1. The van der Waals surface area contributed by atoms with Gasteiger partial charge in [0.25, 0.3) is 0 Å². The molecule has 156 valence electrons. The average molecular weight is 411 g/mol. The Hall–Kier alpha value is -1.48. The van der Waals surface area contributed by atoms with Crippen LogP contribution < -0.4 is 4.72 Å². The van der Waals surface area contributed by atoms with Gasteiger partial charge in [0.2, 0.25) is 15.9 Å². The van der Waals surface area contributed by atoms with Gasteiger partial charge in [0, 0.05) is 25.9 Å². The molecule has 2 aliphatic rings. The van der Waals surface area contributed by atoms with Crippen molar-refractivity contribution in [1.82, 2.24) is 9.62 Å². The van der Waals surface area contributed by atoms with Crippen LogP contribution in [0.1, 0.15) is 37.8 Å². The van der Waals surface area contributed by atoms with Crippen LogP contribution in [-0.4, -0.2) is 57.4 Å². The summed E-state index contributed by atoms with van der Waals surface area (Å²) in [5, 5.41) is 0. The Morgan fingerprint density at radius 3 is 2.25 bits per heavy atom. The first kappa shape index (κ1) is 21.2. The summed E-state index contributed by atoms with van der Waals surface area (Å²) in [5.74, 6) is -0.942. The Bertz CT molecular complexity index is 821. The molecule has 0 bridgehead atoms. The highest BCUT2D eigenvalue weighted by molar-refractivity contribution is 7.89. The van der Waals surface area contributed by atoms with E-state index < -0.39 is 21.9 Å². The number of nitrogens with zero attached hydrogens (tertiary/aromatic N) is 1. The third-order valence-corrected chi connectivity index (χ3v) is 7.09. The Kier molecular flexibility index (Phi) is 6.14. The van der Waals surface area contributed by atoms with Gasteiger partial charge in [-0.3, -0.25) is 4.79 Å². The van der Waals surface area contributed by atoms with Gasteiger partial charge >= 0.3 is 0 Å². The van der Waals surface area contributed by atoms with E-state index in [1.165, 1.54) is 0 Å². The molecule has 2 heterocycles. The summed E-state index contributed by atoms with van der Waals surface area (Å²) in [7, 11) is -3.80. The maximum Gasteiger partial charge on any atom is 0.241 e. The Balaban J connectivity index is 1.72. The fraction of sp³-hybridized carbons (Fsp3) is 0.650. The van der Waals surface area contributed by atoms with Crippen molar-refractivity contribution in [3.05, 3.63) is 29.3 Å². The van der Waals surface area contributed by atoms with E-state index in [0.717, 1.165) is 11.1 Å². The lowest BCUT2D eigenvalue weighted by atomic mass is 9.99. The number of carbonyl (C=O) groups is 1. The number of likely N-dealkylation sites (tertiary alicyclic amines) is 1. The number of piperidine rings is 1. The van der Waals surface area contributed by atoms with Crippen molar-refractivity contribution >= 4 is 15.9 Å². The Morgan fingerprint density at radius 1 is 1.11 bits per heavy atom. The monoisotopic (exact) mass is 410 g/mol. The molecular weight excluding hydrogens is 380 g/mol. The number of ether oxygens (including phenoxy) is 2. The van der Waals surface area contributed by atoms with Gasteiger partial charge in [-0.1, -0.05) is 19.9 Å². The van der Waals surface area contributed by atoms with Crippen LogP contribution in [0.15, 0.2) is 23.1 Å². The van der Waals surface area contributed by atoms with Gasteiger partial charge < -0.3 is 14.4 Å². The number of amides is 1. The highest BCUT2D eigenvalue weighted by Gasteiger charge is 2.42. The van der Waals surface area contributed by atoms with Crippen LogP contribution in [0.2, 0.25) is 0 Å². The lowest BCUT2D eigenvalue weighted by molar-refractivity contribution is -0.188. The number of hydrogen-bond donors (Lipinski definition) is 1. The molecule has 1 aromatic carbocycles. The molecule has 3 rings (SSSR count).